The summed E-state index contributed by atoms with van der Waals surface area (Å²) in [6, 6.07) is 6.42. The number of hydrogen-bond donors (Lipinski definition) is 1. The van der Waals surface area contributed by atoms with Crippen LogP contribution in [0.3, 0.4) is 0 Å². The van der Waals surface area contributed by atoms with Crippen molar-refractivity contribution in [3.63, 3.8) is 0 Å². The van der Waals surface area contributed by atoms with Gasteiger partial charge in [0.15, 0.2) is 0 Å². The topological polar surface area (TPSA) is 51.3 Å². The molecule has 2 heterocycles. The van der Waals surface area contributed by atoms with E-state index in [0.29, 0.717) is 13.2 Å². The average molecular weight is 301 g/mol. The summed E-state index contributed by atoms with van der Waals surface area (Å²) < 4.78 is 11.2. The van der Waals surface area contributed by atoms with E-state index in [4.69, 9.17) is 9.47 Å². The molecule has 2 aromatic rings. The zero-order chi connectivity index (χ0) is 15.7. The molecule has 1 atom stereocenters. The Labute approximate surface area is 130 Å². The molecule has 4 heteroatoms. The molecule has 1 aromatic heterocycles. The maximum Gasteiger partial charge on any atom is 0.309 e. The highest BCUT2D eigenvalue weighted by Gasteiger charge is 2.41. The molecule has 118 valence electrons. The van der Waals surface area contributed by atoms with Gasteiger partial charge in [0, 0.05) is 10.9 Å². The third-order valence-corrected chi connectivity index (χ3v) is 4.55. The molecule has 1 aromatic carbocycles. The predicted octanol–water partition coefficient (Wildman–Crippen LogP) is 3.61. The minimum absolute atomic E-state index is 0.202. The van der Waals surface area contributed by atoms with Crippen LogP contribution in [0.15, 0.2) is 18.2 Å². The summed E-state index contributed by atoms with van der Waals surface area (Å²) in [7, 11) is 0. The molecule has 0 bridgehead atoms. The maximum atomic E-state index is 12.0. The van der Waals surface area contributed by atoms with Gasteiger partial charge in [-0.1, -0.05) is 18.6 Å². The Hall–Kier alpha value is -1.81. The Morgan fingerprint density at radius 2 is 2.23 bits per heavy atom. The number of H-pyrrole nitrogens is 1. The van der Waals surface area contributed by atoms with E-state index in [1.54, 1.807) is 0 Å². The number of fused-ring (bicyclic) bond motifs is 3. The molecule has 4 nitrogen and oxygen atoms in total. The smallest absolute Gasteiger partial charge is 0.309 e. The molecule has 1 unspecified atom stereocenters. The number of rotatable bonds is 4. The third kappa shape index (κ3) is 2.41. The SMILES string of the molecule is CCOC(=O)CC1(CC)OCCc2c1[nH]c1ccc(C)cc21. The fourth-order valence-corrected chi connectivity index (χ4v) is 3.42. The van der Waals surface area contributed by atoms with Gasteiger partial charge in [-0.25, -0.2) is 0 Å². The Balaban J connectivity index is 2.09. The molecule has 1 N–H and O–H groups in total. The second-order valence-corrected chi connectivity index (χ2v) is 5.96. The van der Waals surface area contributed by atoms with Crippen molar-refractivity contribution in [1.82, 2.24) is 4.98 Å². The molecule has 0 amide bonds. The lowest BCUT2D eigenvalue weighted by Gasteiger charge is -2.36. The van der Waals surface area contributed by atoms with Crippen molar-refractivity contribution in [2.45, 2.75) is 45.6 Å². The number of nitrogens with one attached hydrogen (secondary N) is 1. The first-order valence-corrected chi connectivity index (χ1v) is 8.01. The van der Waals surface area contributed by atoms with Gasteiger partial charge in [0.1, 0.15) is 5.60 Å². The van der Waals surface area contributed by atoms with E-state index in [0.717, 1.165) is 24.1 Å². The van der Waals surface area contributed by atoms with Crippen LogP contribution in [0.1, 0.15) is 43.5 Å². The zero-order valence-electron chi connectivity index (χ0n) is 13.5. The van der Waals surface area contributed by atoms with E-state index in [1.807, 2.05) is 6.92 Å². The van der Waals surface area contributed by atoms with E-state index in [-0.39, 0.29) is 12.4 Å². The average Bonchev–Trinajstić information content (AvgIpc) is 2.87. The number of esters is 1. The van der Waals surface area contributed by atoms with Crippen LogP contribution in [-0.2, 0) is 26.3 Å². The van der Waals surface area contributed by atoms with Crippen LogP contribution in [0.4, 0.5) is 0 Å². The highest BCUT2D eigenvalue weighted by atomic mass is 16.5. The number of ether oxygens (including phenoxy) is 2. The molecule has 0 saturated carbocycles. The Bertz CT molecular complexity index is 704. The molecule has 1 aliphatic rings. The van der Waals surface area contributed by atoms with Crippen molar-refractivity contribution < 1.29 is 14.3 Å². The van der Waals surface area contributed by atoms with Crippen LogP contribution in [0, 0.1) is 6.92 Å². The van der Waals surface area contributed by atoms with Gasteiger partial charge < -0.3 is 14.5 Å². The second-order valence-electron chi connectivity index (χ2n) is 5.96. The summed E-state index contributed by atoms with van der Waals surface area (Å²) in [5, 5.41) is 1.25. The van der Waals surface area contributed by atoms with Gasteiger partial charge in [0.05, 0.1) is 25.3 Å². The minimum atomic E-state index is -0.591. The van der Waals surface area contributed by atoms with Crippen molar-refractivity contribution in [2.75, 3.05) is 13.2 Å². The van der Waals surface area contributed by atoms with Crippen LogP contribution in [-0.4, -0.2) is 24.2 Å². The highest BCUT2D eigenvalue weighted by Crippen LogP contribution is 2.41. The van der Waals surface area contributed by atoms with Crippen LogP contribution in [0.5, 0.6) is 0 Å². The van der Waals surface area contributed by atoms with Gasteiger partial charge in [-0.3, -0.25) is 4.79 Å². The van der Waals surface area contributed by atoms with Gasteiger partial charge >= 0.3 is 5.97 Å². The standard InChI is InChI=1S/C18H23NO3/c1-4-18(11-16(20)21-5-2)17-13(8-9-22-18)14-10-12(3)6-7-15(14)19-17/h6-7,10,19H,4-5,8-9,11H2,1-3H3. The van der Waals surface area contributed by atoms with Crippen molar-refractivity contribution in [3.8, 4) is 0 Å². The molecular formula is C18H23NO3. The van der Waals surface area contributed by atoms with Crippen molar-refractivity contribution in [2.24, 2.45) is 0 Å². The van der Waals surface area contributed by atoms with Gasteiger partial charge in [0.25, 0.3) is 0 Å². The van der Waals surface area contributed by atoms with E-state index in [2.05, 4.69) is 37.0 Å². The monoisotopic (exact) mass is 301 g/mol. The van der Waals surface area contributed by atoms with Crippen LogP contribution in [0.25, 0.3) is 10.9 Å². The molecule has 0 spiro atoms. The lowest BCUT2D eigenvalue weighted by Crippen LogP contribution is -2.37. The number of hydrogen-bond acceptors (Lipinski definition) is 3. The van der Waals surface area contributed by atoms with Crippen LogP contribution < -0.4 is 0 Å². The summed E-state index contributed by atoms with van der Waals surface area (Å²) >= 11 is 0. The molecular weight excluding hydrogens is 278 g/mol. The number of aryl methyl sites for hydroxylation is 1. The molecule has 1 aliphatic heterocycles. The van der Waals surface area contributed by atoms with E-state index in [1.165, 1.54) is 16.5 Å². The normalized spacial score (nSPS) is 20.9. The Kier molecular flexibility index (Phi) is 3.96. The number of benzene rings is 1. The Morgan fingerprint density at radius 1 is 1.41 bits per heavy atom. The molecule has 22 heavy (non-hydrogen) atoms. The van der Waals surface area contributed by atoms with E-state index in [9.17, 15) is 4.79 Å². The van der Waals surface area contributed by atoms with Crippen molar-refractivity contribution >= 4 is 16.9 Å². The molecule has 0 radical (unpaired) electrons. The lowest BCUT2D eigenvalue weighted by atomic mass is 9.86. The maximum absolute atomic E-state index is 12.0. The number of carbonyl (C=O) groups excluding carboxylic acids is 1. The zero-order valence-corrected chi connectivity index (χ0v) is 13.5. The lowest BCUT2D eigenvalue weighted by molar-refractivity contribution is -0.154. The highest BCUT2D eigenvalue weighted by molar-refractivity contribution is 5.86. The number of carbonyl (C=O) groups is 1. The summed E-state index contributed by atoms with van der Waals surface area (Å²) in [5.74, 6) is -0.202. The second kappa shape index (κ2) is 5.76. The van der Waals surface area contributed by atoms with E-state index >= 15 is 0 Å². The van der Waals surface area contributed by atoms with Gasteiger partial charge in [-0.2, -0.15) is 0 Å². The molecule has 0 aliphatic carbocycles. The van der Waals surface area contributed by atoms with Crippen LogP contribution in [0.2, 0.25) is 0 Å². The summed E-state index contributed by atoms with van der Waals surface area (Å²) in [6.45, 7) is 7.03. The quantitative estimate of drug-likeness (QED) is 0.878. The first-order chi connectivity index (χ1) is 10.6. The summed E-state index contributed by atoms with van der Waals surface area (Å²) in [5.41, 5.74) is 4.11. The van der Waals surface area contributed by atoms with Gasteiger partial charge in [0.2, 0.25) is 0 Å². The first-order valence-electron chi connectivity index (χ1n) is 8.01. The van der Waals surface area contributed by atoms with Gasteiger partial charge in [-0.15, -0.1) is 0 Å². The summed E-state index contributed by atoms with van der Waals surface area (Å²) in [6.07, 6.45) is 1.88. The largest absolute Gasteiger partial charge is 0.466 e. The molecule has 0 fully saturated rings. The van der Waals surface area contributed by atoms with E-state index < -0.39 is 5.60 Å². The van der Waals surface area contributed by atoms with Crippen molar-refractivity contribution in [3.05, 3.63) is 35.0 Å². The van der Waals surface area contributed by atoms with Crippen molar-refractivity contribution in [1.29, 1.82) is 0 Å². The number of aromatic nitrogens is 1. The number of aromatic amines is 1. The molecule has 3 rings (SSSR count). The fraction of sp³-hybridized carbons (Fsp3) is 0.500. The third-order valence-electron chi connectivity index (χ3n) is 4.55. The molecule has 0 saturated heterocycles. The minimum Gasteiger partial charge on any atom is -0.466 e. The Morgan fingerprint density at radius 3 is 2.95 bits per heavy atom. The summed E-state index contributed by atoms with van der Waals surface area (Å²) in [4.78, 5) is 15.5. The first kappa shape index (κ1) is 15.1. The van der Waals surface area contributed by atoms with Crippen LogP contribution >= 0.6 is 0 Å². The fourth-order valence-electron chi connectivity index (χ4n) is 3.42. The predicted molar refractivity (Wildman–Crippen MR) is 85.9 cm³/mol. The van der Waals surface area contributed by atoms with Gasteiger partial charge in [-0.05, 0) is 44.4 Å².